The van der Waals surface area contributed by atoms with Gasteiger partial charge in [-0.3, -0.25) is 24.1 Å². The first-order valence-electron chi connectivity index (χ1n) is 22.0. The molecule has 62 heavy (non-hydrogen) atoms. The van der Waals surface area contributed by atoms with E-state index in [-0.39, 0.29) is 68.8 Å². The number of nitrogens with one attached hydrogen (secondary N) is 2. The van der Waals surface area contributed by atoms with Gasteiger partial charge in [0, 0.05) is 42.7 Å². The van der Waals surface area contributed by atoms with Gasteiger partial charge >= 0.3 is 12.1 Å². The van der Waals surface area contributed by atoms with E-state index in [4.69, 9.17) is 33.5 Å². The van der Waals surface area contributed by atoms with E-state index in [1.54, 1.807) is 51.0 Å². The predicted octanol–water partition coefficient (Wildman–Crippen LogP) is 5.56. The highest BCUT2D eigenvalue weighted by atomic mass is 16.6. The Kier molecular flexibility index (Phi) is 20.7. The van der Waals surface area contributed by atoms with Crippen molar-refractivity contribution in [1.82, 2.24) is 20.4 Å². The van der Waals surface area contributed by atoms with Crippen LogP contribution in [0.25, 0.3) is 0 Å². The van der Waals surface area contributed by atoms with E-state index in [1.165, 1.54) is 4.90 Å². The van der Waals surface area contributed by atoms with Crippen LogP contribution in [0.2, 0.25) is 0 Å². The van der Waals surface area contributed by atoms with Crippen LogP contribution in [0.4, 0.5) is 4.79 Å². The molecule has 1 aliphatic heterocycles. The second kappa shape index (κ2) is 25.9. The molecule has 2 atom stereocenters. The van der Waals surface area contributed by atoms with Crippen molar-refractivity contribution in [2.75, 3.05) is 79.5 Å². The fraction of sp³-hybridized carbons (Fsp3) is 0.630. The number of piperidine rings is 1. The minimum Gasteiger partial charge on any atom is -0.497 e. The summed E-state index contributed by atoms with van der Waals surface area (Å²) in [5.41, 5.74) is 1.30. The number of amides is 4. The number of hydrogen-bond acceptors (Lipinski definition) is 11. The molecule has 1 aliphatic carbocycles. The average Bonchev–Trinajstić information content (AvgIpc) is 3.25. The number of aliphatic carboxylic acids is 1. The van der Waals surface area contributed by atoms with Crippen LogP contribution in [0.3, 0.4) is 0 Å². The summed E-state index contributed by atoms with van der Waals surface area (Å²) in [4.78, 5) is 68.6. The molecule has 0 aromatic heterocycles. The topological polar surface area (TPSA) is 192 Å². The van der Waals surface area contributed by atoms with E-state index in [1.807, 2.05) is 31.2 Å². The number of likely N-dealkylation sites (tertiary alicyclic amines) is 1. The number of benzene rings is 2. The number of rotatable bonds is 24. The van der Waals surface area contributed by atoms with Gasteiger partial charge in [-0.15, -0.1) is 0 Å². The quantitative estimate of drug-likeness (QED) is 0.112. The highest BCUT2D eigenvalue weighted by Crippen LogP contribution is 2.31. The van der Waals surface area contributed by atoms with Crippen LogP contribution < -0.4 is 20.1 Å². The summed E-state index contributed by atoms with van der Waals surface area (Å²) in [7, 11) is 1.57. The zero-order chi connectivity index (χ0) is 44.9. The molecule has 0 radical (unpaired) electrons. The molecule has 0 spiro atoms. The van der Waals surface area contributed by atoms with E-state index in [9.17, 15) is 24.0 Å². The molecule has 1 heterocycles. The second-order valence-corrected chi connectivity index (χ2v) is 16.7. The Morgan fingerprint density at radius 3 is 2.27 bits per heavy atom. The van der Waals surface area contributed by atoms with Crippen molar-refractivity contribution >= 4 is 29.8 Å². The van der Waals surface area contributed by atoms with E-state index < -0.39 is 23.7 Å². The van der Waals surface area contributed by atoms with E-state index in [2.05, 4.69) is 10.6 Å². The molecule has 3 N–H and O–H groups in total. The normalized spacial score (nSPS) is 16.2. The molecule has 2 aromatic carbocycles. The van der Waals surface area contributed by atoms with Crippen molar-refractivity contribution in [1.29, 1.82) is 0 Å². The van der Waals surface area contributed by atoms with Crippen LogP contribution >= 0.6 is 0 Å². The van der Waals surface area contributed by atoms with Gasteiger partial charge in [0.05, 0.1) is 66.3 Å². The highest BCUT2D eigenvalue weighted by molar-refractivity contribution is 5.97. The van der Waals surface area contributed by atoms with Crippen LogP contribution in [-0.2, 0) is 39.9 Å². The molecular formula is C46H68N4O12. The molecule has 0 bridgehead atoms. The first-order chi connectivity index (χ1) is 29.8. The van der Waals surface area contributed by atoms with Gasteiger partial charge in [-0.1, -0.05) is 31.4 Å². The molecular weight excluding hydrogens is 801 g/mol. The maximum atomic E-state index is 14.0. The molecule has 4 amide bonds. The van der Waals surface area contributed by atoms with E-state index in [0.717, 1.165) is 50.5 Å². The number of carboxylic acids is 1. The van der Waals surface area contributed by atoms with E-state index in [0.29, 0.717) is 68.7 Å². The summed E-state index contributed by atoms with van der Waals surface area (Å²) in [5.74, 6) is -0.562. The molecule has 1 saturated heterocycles. The fourth-order valence-electron chi connectivity index (χ4n) is 7.62. The summed E-state index contributed by atoms with van der Waals surface area (Å²) in [6.45, 7) is 10.4. The number of ether oxygens (including phenoxy) is 6. The van der Waals surface area contributed by atoms with Crippen molar-refractivity contribution in [2.45, 2.75) is 103 Å². The lowest BCUT2D eigenvalue weighted by atomic mass is 9.83. The fourth-order valence-corrected chi connectivity index (χ4v) is 7.62. The highest BCUT2D eigenvalue weighted by Gasteiger charge is 2.33. The molecule has 2 aromatic rings. The number of carboxylic acid groups (broad SMARTS) is 1. The van der Waals surface area contributed by atoms with Gasteiger partial charge in [-0.2, -0.15) is 0 Å². The lowest BCUT2D eigenvalue weighted by molar-refractivity contribution is -0.138. The molecule has 344 valence electrons. The third-order valence-corrected chi connectivity index (χ3v) is 10.7. The second-order valence-electron chi connectivity index (χ2n) is 16.7. The predicted molar refractivity (Wildman–Crippen MR) is 231 cm³/mol. The van der Waals surface area contributed by atoms with Gasteiger partial charge in [0.25, 0.3) is 5.91 Å². The molecule has 2 fully saturated rings. The maximum Gasteiger partial charge on any atom is 0.411 e. The summed E-state index contributed by atoms with van der Waals surface area (Å²) < 4.78 is 33.2. The minimum atomic E-state index is -0.910. The van der Waals surface area contributed by atoms with Crippen molar-refractivity contribution < 1.29 is 57.5 Å². The van der Waals surface area contributed by atoms with Gasteiger partial charge in [0.15, 0.2) is 0 Å². The number of nitrogens with zero attached hydrogens (tertiary/aromatic N) is 2. The number of hydrogen-bond donors (Lipinski definition) is 3. The van der Waals surface area contributed by atoms with Gasteiger partial charge in [0.1, 0.15) is 29.7 Å². The van der Waals surface area contributed by atoms with Crippen LogP contribution in [0.1, 0.15) is 106 Å². The largest absolute Gasteiger partial charge is 0.497 e. The first kappa shape index (κ1) is 49.7. The number of methoxy groups -OCH3 is 1. The standard InChI is InChI=1S/C46H68N4O12/c1-6-61-39-29-38(57-5)18-17-37(39)31-50(45(56)62-46(2,3)4)32-40(51)49-21-11-16-36(30-49)34-14-10-15-35(28-34)43(54)48-42(33-12-8-7-9-13-33)44(55)47-20-23-59-25-27-60-26-24-58-22-19-41(52)53/h10,14-15,17-18,28-29,33,36,42H,6-9,11-13,16,19-27,30-32H2,1-5H3,(H,47,55)(H,48,54)(H,52,53)/t36?,42-/m1/s1. The third-order valence-electron chi connectivity index (χ3n) is 10.7. The van der Waals surface area contributed by atoms with E-state index >= 15 is 0 Å². The molecule has 16 nitrogen and oxygen atoms in total. The Morgan fingerprint density at radius 1 is 0.887 bits per heavy atom. The Bertz CT molecular complexity index is 1740. The zero-order valence-electron chi connectivity index (χ0n) is 37.2. The minimum absolute atomic E-state index is 0.0107. The zero-order valence-corrected chi connectivity index (χ0v) is 37.2. The van der Waals surface area contributed by atoms with Gasteiger partial charge in [0.2, 0.25) is 11.8 Å². The Balaban J connectivity index is 1.34. The third kappa shape index (κ3) is 17.1. The summed E-state index contributed by atoms with van der Waals surface area (Å²) >= 11 is 0. The summed E-state index contributed by atoms with van der Waals surface area (Å²) in [5, 5.41) is 14.6. The summed E-state index contributed by atoms with van der Waals surface area (Å²) in [6.07, 6.45) is 5.69. The van der Waals surface area contributed by atoms with Crippen LogP contribution in [0, 0.1) is 5.92 Å². The smallest absolute Gasteiger partial charge is 0.411 e. The Hall–Kier alpha value is -4.93. The average molecular weight is 869 g/mol. The SMILES string of the molecule is CCOc1cc(OC)ccc1CN(CC(=O)N1CCCC(c2cccc(C(=O)N[C@@H](C(=O)NCCOCCOCCOCCC(=O)O)C3CCCCC3)c2)C1)C(=O)OC(C)(C)C. The van der Waals surface area contributed by atoms with Crippen molar-refractivity contribution in [3.05, 3.63) is 59.2 Å². The number of carbonyl (C=O) groups is 5. The van der Waals surface area contributed by atoms with Gasteiger partial charge in [-0.25, -0.2) is 4.79 Å². The molecule has 1 saturated carbocycles. The molecule has 16 heteroatoms. The number of carbonyl (C=O) groups excluding carboxylic acids is 4. The first-order valence-corrected chi connectivity index (χ1v) is 22.0. The Labute approximate surface area is 366 Å². The monoisotopic (exact) mass is 868 g/mol. The lowest BCUT2D eigenvalue weighted by Crippen LogP contribution is -2.52. The molecule has 4 rings (SSSR count). The van der Waals surface area contributed by atoms with Crippen LogP contribution in [-0.4, -0.2) is 136 Å². The van der Waals surface area contributed by atoms with Crippen LogP contribution in [0.15, 0.2) is 42.5 Å². The maximum absolute atomic E-state index is 14.0. The summed E-state index contributed by atoms with van der Waals surface area (Å²) in [6, 6.07) is 12.1. The molecule has 1 unspecified atom stereocenters. The van der Waals surface area contributed by atoms with Crippen molar-refractivity contribution in [2.24, 2.45) is 5.92 Å². The molecule has 2 aliphatic rings. The Morgan fingerprint density at radius 2 is 1.60 bits per heavy atom. The lowest BCUT2D eigenvalue weighted by Gasteiger charge is -2.35. The van der Waals surface area contributed by atoms with Crippen molar-refractivity contribution in [3.8, 4) is 11.5 Å². The van der Waals surface area contributed by atoms with Crippen molar-refractivity contribution in [3.63, 3.8) is 0 Å². The van der Waals surface area contributed by atoms with Crippen LogP contribution in [0.5, 0.6) is 11.5 Å². The van der Waals surface area contributed by atoms with Gasteiger partial charge < -0.3 is 49.1 Å². The van der Waals surface area contributed by atoms with Gasteiger partial charge in [-0.05, 0) is 89.1 Å².